The molecule has 0 saturated carbocycles. The van der Waals surface area contributed by atoms with Gasteiger partial charge < -0.3 is 14.4 Å². The van der Waals surface area contributed by atoms with Crippen molar-refractivity contribution in [3.63, 3.8) is 0 Å². The summed E-state index contributed by atoms with van der Waals surface area (Å²) < 4.78 is 7.12. The lowest BCUT2D eigenvalue weighted by Crippen LogP contribution is -2.12. The van der Waals surface area contributed by atoms with Crippen molar-refractivity contribution in [3.05, 3.63) is 60.0 Å². The highest BCUT2D eigenvalue weighted by molar-refractivity contribution is 6.02. The van der Waals surface area contributed by atoms with Gasteiger partial charge in [-0.3, -0.25) is 4.79 Å². The summed E-state index contributed by atoms with van der Waals surface area (Å²) in [6.07, 6.45) is 3.65. The van der Waals surface area contributed by atoms with Gasteiger partial charge in [-0.15, -0.1) is 0 Å². The molecular formula is C17H18N4O2. The third-order valence-corrected chi connectivity index (χ3v) is 3.56. The van der Waals surface area contributed by atoms with E-state index in [1.54, 1.807) is 12.3 Å². The van der Waals surface area contributed by atoms with Crippen LogP contribution in [0.4, 0.5) is 5.69 Å². The second-order valence-corrected chi connectivity index (χ2v) is 5.61. The average Bonchev–Trinajstić information content (AvgIpc) is 3.17. The Morgan fingerprint density at radius 2 is 2.00 bits per heavy atom. The lowest BCUT2D eigenvalue weighted by Gasteiger charge is -2.07. The fourth-order valence-electron chi connectivity index (χ4n) is 2.22. The van der Waals surface area contributed by atoms with Crippen LogP contribution in [-0.4, -0.2) is 20.6 Å². The molecule has 1 amide bonds. The van der Waals surface area contributed by atoms with Crippen molar-refractivity contribution in [3.8, 4) is 5.69 Å². The number of aromatic nitrogens is 3. The lowest BCUT2D eigenvalue weighted by molar-refractivity contribution is 0.101. The zero-order valence-corrected chi connectivity index (χ0v) is 13.3. The van der Waals surface area contributed by atoms with Crippen molar-refractivity contribution < 1.29 is 9.32 Å². The summed E-state index contributed by atoms with van der Waals surface area (Å²) in [6, 6.07) is 9.20. The summed E-state index contributed by atoms with van der Waals surface area (Å²) in [5.74, 6) is 1.51. The fourth-order valence-corrected chi connectivity index (χ4v) is 2.22. The molecule has 0 radical (unpaired) electrons. The van der Waals surface area contributed by atoms with E-state index in [1.165, 1.54) is 0 Å². The number of anilines is 1. The van der Waals surface area contributed by atoms with E-state index in [0.29, 0.717) is 11.4 Å². The van der Waals surface area contributed by atoms with Gasteiger partial charge in [-0.05, 0) is 31.2 Å². The van der Waals surface area contributed by atoms with Gasteiger partial charge in [0.25, 0.3) is 5.91 Å². The second kappa shape index (κ2) is 6.08. The Labute approximate surface area is 134 Å². The molecule has 6 nitrogen and oxygen atoms in total. The van der Waals surface area contributed by atoms with Crippen molar-refractivity contribution in [2.75, 3.05) is 5.32 Å². The van der Waals surface area contributed by atoms with Gasteiger partial charge in [-0.25, -0.2) is 4.98 Å². The SMILES string of the molecule is Cc1nccn1-c1ccc(NC(=O)c2cc(C(C)C)on2)cc1. The predicted molar refractivity (Wildman–Crippen MR) is 86.8 cm³/mol. The summed E-state index contributed by atoms with van der Waals surface area (Å²) >= 11 is 0. The van der Waals surface area contributed by atoms with E-state index >= 15 is 0 Å². The molecule has 2 heterocycles. The van der Waals surface area contributed by atoms with Gasteiger partial charge >= 0.3 is 0 Å². The molecule has 1 aromatic carbocycles. The highest BCUT2D eigenvalue weighted by Crippen LogP contribution is 2.18. The first-order chi connectivity index (χ1) is 11.0. The summed E-state index contributed by atoms with van der Waals surface area (Å²) in [5, 5.41) is 6.62. The Balaban J connectivity index is 1.72. The number of carbonyl (C=O) groups excluding carboxylic acids is 1. The van der Waals surface area contributed by atoms with Crippen molar-refractivity contribution >= 4 is 11.6 Å². The van der Waals surface area contributed by atoms with Gasteiger partial charge in [0.15, 0.2) is 5.69 Å². The maximum atomic E-state index is 12.2. The molecule has 23 heavy (non-hydrogen) atoms. The number of aryl methyl sites for hydroxylation is 1. The van der Waals surface area contributed by atoms with Crippen LogP contribution < -0.4 is 5.32 Å². The van der Waals surface area contributed by atoms with Crippen LogP contribution in [-0.2, 0) is 0 Å². The molecule has 0 aliphatic rings. The summed E-state index contributed by atoms with van der Waals surface area (Å²) in [5.41, 5.74) is 1.97. The van der Waals surface area contributed by atoms with Crippen LogP contribution in [0, 0.1) is 6.92 Å². The van der Waals surface area contributed by atoms with Crippen LogP contribution in [0.25, 0.3) is 5.69 Å². The van der Waals surface area contributed by atoms with E-state index in [-0.39, 0.29) is 17.5 Å². The maximum Gasteiger partial charge on any atom is 0.277 e. The lowest BCUT2D eigenvalue weighted by atomic mass is 10.1. The molecule has 0 saturated heterocycles. The van der Waals surface area contributed by atoms with Crippen LogP contribution in [0.2, 0.25) is 0 Å². The monoisotopic (exact) mass is 310 g/mol. The zero-order valence-electron chi connectivity index (χ0n) is 13.3. The molecule has 0 spiro atoms. The second-order valence-electron chi connectivity index (χ2n) is 5.61. The minimum atomic E-state index is -0.285. The maximum absolute atomic E-state index is 12.2. The molecule has 2 aromatic heterocycles. The minimum Gasteiger partial charge on any atom is -0.360 e. The van der Waals surface area contributed by atoms with E-state index in [0.717, 1.165) is 11.5 Å². The van der Waals surface area contributed by atoms with Gasteiger partial charge in [0.2, 0.25) is 0 Å². The topological polar surface area (TPSA) is 73.0 Å². The van der Waals surface area contributed by atoms with Gasteiger partial charge in [0, 0.05) is 35.8 Å². The number of carbonyl (C=O) groups is 1. The Hall–Kier alpha value is -2.89. The van der Waals surface area contributed by atoms with E-state index in [9.17, 15) is 4.79 Å². The Bertz CT molecular complexity index is 815. The molecule has 3 aromatic rings. The highest BCUT2D eigenvalue weighted by Gasteiger charge is 2.14. The van der Waals surface area contributed by atoms with Crippen LogP contribution in [0.15, 0.2) is 47.2 Å². The number of hydrogen-bond acceptors (Lipinski definition) is 4. The van der Waals surface area contributed by atoms with Crippen molar-refractivity contribution in [2.24, 2.45) is 0 Å². The zero-order chi connectivity index (χ0) is 16.4. The van der Waals surface area contributed by atoms with E-state index in [1.807, 2.05) is 55.8 Å². The normalized spacial score (nSPS) is 11.0. The summed E-state index contributed by atoms with van der Waals surface area (Å²) in [7, 11) is 0. The predicted octanol–water partition coefficient (Wildman–Crippen LogP) is 3.54. The molecule has 0 atom stereocenters. The molecule has 0 fully saturated rings. The molecular weight excluding hydrogens is 292 g/mol. The van der Waals surface area contributed by atoms with E-state index in [4.69, 9.17) is 4.52 Å². The third kappa shape index (κ3) is 3.15. The van der Waals surface area contributed by atoms with Crippen LogP contribution >= 0.6 is 0 Å². The third-order valence-electron chi connectivity index (χ3n) is 3.56. The summed E-state index contributed by atoms with van der Waals surface area (Å²) in [4.78, 5) is 16.4. The number of amides is 1. The standard InChI is InChI=1S/C17H18N4O2/c1-11(2)16-10-15(20-23-16)17(22)19-13-4-6-14(7-5-13)21-9-8-18-12(21)3/h4-11H,1-3H3,(H,19,22). The fraction of sp³-hybridized carbons (Fsp3) is 0.235. The Morgan fingerprint density at radius 1 is 1.26 bits per heavy atom. The summed E-state index contributed by atoms with van der Waals surface area (Å²) in [6.45, 7) is 5.91. The van der Waals surface area contributed by atoms with Crippen molar-refractivity contribution in [1.82, 2.24) is 14.7 Å². The first kappa shape index (κ1) is 15.0. The highest BCUT2D eigenvalue weighted by atomic mass is 16.5. The van der Waals surface area contributed by atoms with E-state index < -0.39 is 0 Å². The molecule has 0 aliphatic heterocycles. The van der Waals surface area contributed by atoms with Gasteiger partial charge in [0.05, 0.1) is 0 Å². The number of rotatable bonds is 4. The number of nitrogens with zero attached hydrogens (tertiary/aromatic N) is 3. The van der Waals surface area contributed by atoms with Crippen LogP contribution in [0.1, 0.15) is 41.8 Å². The van der Waals surface area contributed by atoms with E-state index in [2.05, 4.69) is 15.5 Å². The van der Waals surface area contributed by atoms with Crippen molar-refractivity contribution in [2.45, 2.75) is 26.7 Å². The molecule has 118 valence electrons. The quantitative estimate of drug-likeness (QED) is 0.800. The minimum absolute atomic E-state index is 0.196. The largest absolute Gasteiger partial charge is 0.360 e. The molecule has 6 heteroatoms. The molecule has 1 N–H and O–H groups in total. The van der Waals surface area contributed by atoms with Gasteiger partial charge in [-0.2, -0.15) is 0 Å². The molecule has 3 rings (SSSR count). The number of imidazole rings is 1. The number of nitrogens with one attached hydrogen (secondary N) is 1. The average molecular weight is 310 g/mol. The Kier molecular flexibility index (Phi) is 3.97. The molecule has 0 aliphatic carbocycles. The van der Waals surface area contributed by atoms with Crippen molar-refractivity contribution in [1.29, 1.82) is 0 Å². The smallest absolute Gasteiger partial charge is 0.277 e. The number of hydrogen-bond donors (Lipinski definition) is 1. The first-order valence-electron chi connectivity index (χ1n) is 7.43. The van der Waals surface area contributed by atoms with Gasteiger partial charge in [-0.1, -0.05) is 19.0 Å². The van der Waals surface area contributed by atoms with Crippen LogP contribution in [0.3, 0.4) is 0 Å². The van der Waals surface area contributed by atoms with Crippen LogP contribution in [0.5, 0.6) is 0 Å². The first-order valence-corrected chi connectivity index (χ1v) is 7.43. The Morgan fingerprint density at radius 3 is 2.57 bits per heavy atom. The number of benzene rings is 1. The van der Waals surface area contributed by atoms with Gasteiger partial charge in [0.1, 0.15) is 11.6 Å². The molecule has 0 bridgehead atoms. The molecule has 0 unspecified atom stereocenters.